The molecule has 0 spiro atoms. The summed E-state index contributed by atoms with van der Waals surface area (Å²) >= 11 is 1.75. The summed E-state index contributed by atoms with van der Waals surface area (Å²) in [5.41, 5.74) is 7.71. The number of rotatable bonds is 6. The summed E-state index contributed by atoms with van der Waals surface area (Å²) in [6.07, 6.45) is 4.39. The molecule has 2 aromatic rings. The molecule has 146 valence electrons. The molecule has 0 radical (unpaired) electrons. The van der Waals surface area contributed by atoms with E-state index in [1.807, 2.05) is 29.2 Å². The van der Waals surface area contributed by atoms with Crippen LogP contribution in [0.2, 0.25) is 0 Å². The number of guanidine groups is 1. The number of thiophene rings is 1. The topological polar surface area (TPSA) is 70.7 Å². The first-order chi connectivity index (χ1) is 12.7. The van der Waals surface area contributed by atoms with Crippen LogP contribution in [0, 0.1) is 0 Å². The van der Waals surface area contributed by atoms with Crippen molar-refractivity contribution in [3.63, 3.8) is 0 Å². The number of amides is 1. The fourth-order valence-electron chi connectivity index (χ4n) is 3.03. The van der Waals surface area contributed by atoms with E-state index in [-0.39, 0.29) is 29.9 Å². The molecular formula is C20H27IN4OS. The van der Waals surface area contributed by atoms with Gasteiger partial charge in [0.25, 0.3) is 5.91 Å². The van der Waals surface area contributed by atoms with E-state index in [1.165, 1.54) is 11.3 Å². The van der Waals surface area contributed by atoms with Crippen molar-refractivity contribution in [3.8, 4) is 0 Å². The predicted molar refractivity (Wildman–Crippen MR) is 123 cm³/mol. The quantitative estimate of drug-likeness (QED) is 0.363. The lowest BCUT2D eigenvalue weighted by Crippen LogP contribution is -2.35. The summed E-state index contributed by atoms with van der Waals surface area (Å²) in [6.45, 7) is 3.03. The molecule has 3 N–H and O–H groups in total. The van der Waals surface area contributed by atoms with E-state index in [4.69, 9.17) is 5.73 Å². The Labute approximate surface area is 182 Å². The van der Waals surface area contributed by atoms with E-state index >= 15 is 0 Å². The molecule has 1 saturated heterocycles. The molecule has 1 aromatic carbocycles. The van der Waals surface area contributed by atoms with Gasteiger partial charge in [-0.05, 0) is 54.8 Å². The number of carbonyl (C=O) groups excluding carboxylic acids is 1. The smallest absolute Gasteiger partial charge is 0.253 e. The second kappa shape index (κ2) is 11.3. The third-order valence-corrected chi connectivity index (χ3v) is 5.47. The van der Waals surface area contributed by atoms with Crippen LogP contribution in [0.4, 0.5) is 0 Å². The van der Waals surface area contributed by atoms with Gasteiger partial charge in [0, 0.05) is 30.1 Å². The van der Waals surface area contributed by atoms with Crippen molar-refractivity contribution in [1.82, 2.24) is 10.2 Å². The molecule has 1 aromatic heterocycles. The van der Waals surface area contributed by atoms with Crippen LogP contribution in [-0.2, 0) is 13.0 Å². The van der Waals surface area contributed by atoms with E-state index in [0.29, 0.717) is 12.5 Å². The minimum atomic E-state index is 0. The highest BCUT2D eigenvalue weighted by atomic mass is 127. The maximum atomic E-state index is 12.5. The van der Waals surface area contributed by atoms with Crippen molar-refractivity contribution in [2.45, 2.75) is 32.2 Å². The van der Waals surface area contributed by atoms with Gasteiger partial charge in [0.2, 0.25) is 0 Å². The molecule has 0 unspecified atom stereocenters. The van der Waals surface area contributed by atoms with Crippen LogP contribution in [0.3, 0.4) is 0 Å². The highest BCUT2D eigenvalue weighted by Gasteiger charge is 2.17. The number of nitrogens with two attached hydrogens (primary N) is 1. The van der Waals surface area contributed by atoms with E-state index in [2.05, 4.69) is 27.8 Å². The summed E-state index contributed by atoms with van der Waals surface area (Å²) in [5.74, 6) is 0.588. The van der Waals surface area contributed by atoms with Gasteiger partial charge in [0.15, 0.2) is 5.96 Å². The summed E-state index contributed by atoms with van der Waals surface area (Å²) < 4.78 is 0. The maximum Gasteiger partial charge on any atom is 0.253 e. The molecule has 0 atom stereocenters. The second-order valence-electron chi connectivity index (χ2n) is 6.51. The number of nitrogens with zero attached hydrogens (tertiary/aromatic N) is 2. The third-order valence-electron chi connectivity index (χ3n) is 4.53. The highest BCUT2D eigenvalue weighted by molar-refractivity contribution is 14.0. The first-order valence-electron chi connectivity index (χ1n) is 9.17. The van der Waals surface area contributed by atoms with Gasteiger partial charge in [0.05, 0.1) is 6.54 Å². The molecule has 3 rings (SSSR count). The number of likely N-dealkylation sites (tertiary alicyclic amines) is 1. The maximum absolute atomic E-state index is 12.5. The van der Waals surface area contributed by atoms with Gasteiger partial charge in [0.1, 0.15) is 0 Å². The van der Waals surface area contributed by atoms with Gasteiger partial charge in [-0.15, -0.1) is 35.3 Å². The molecule has 2 heterocycles. The Morgan fingerprint density at radius 1 is 1.15 bits per heavy atom. The van der Waals surface area contributed by atoms with Crippen LogP contribution in [0.1, 0.15) is 40.1 Å². The number of piperidine rings is 1. The zero-order valence-electron chi connectivity index (χ0n) is 15.4. The highest BCUT2D eigenvalue weighted by Crippen LogP contribution is 2.14. The van der Waals surface area contributed by atoms with Gasteiger partial charge in [-0.2, -0.15) is 0 Å². The van der Waals surface area contributed by atoms with Gasteiger partial charge < -0.3 is 16.0 Å². The Morgan fingerprint density at radius 3 is 2.56 bits per heavy atom. The summed E-state index contributed by atoms with van der Waals surface area (Å²) in [7, 11) is 0. The van der Waals surface area contributed by atoms with Crippen molar-refractivity contribution in [3.05, 3.63) is 57.8 Å². The fraction of sp³-hybridized carbons (Fsp3) is 0.400. The van der Waals surface area contributed by atoms with Crippen LogP contribution < -0.4 is 11.1 Å². The Bertz CT molecular complexity index is 725. The lowest BCUT2D eigenvalue weighted by molar-refractivity contribution is 0.0724. The average molecular weight is 498 g/mol. The van der Waals surface area contributed by atoms with Crippen LogP contribution in [0.25, 0.3) is 0 Å². The molecule has 27 heavy (non-hydrogen) atoms. The molecule has 1 aliphatic rings. The Morgan fingerprint density at radius 2 is 1.89 bits per heavy atom. The number of carbonyl (C=O) groups is 1. The molecule has 5 nitrogen and oxygen atoms in total. The molecule has 7 heteroatoms. The van der Waals surface area contributed by atoms with Crippen LogP contribution >= 0.6 is 35.3 Å². The molecule has 0 aliphatic carbocycles. The number of nitrogens with one attached hydrogen (secondary N) is 1. The van der Waals surface area contributed by atoms with Gasteiger partial charge in [-0.25, -0.2) is 4.99 Å². The van der Waals surface area contributed by atoms with Crippen molar-refractivity contribution in [2.75, 3.05) is 19.6 Å². The lowest BCUT2D eigenvalue weighted by Gasteiger charge is -2.26. The van der Waals surface area contributed by atoms with Crippen molar-refractivity contribution < 1.29 is 4.79 Å². The van der Waals surface area contributed by atoms with Gasteiger partial charge in [-0.1, -0.05) is 18.2 Å². The minimum Gasteiger partial charge on any atom is -0.370 e. The average Bonchev–Trinajstić information content (AvgIpc) is 3.20. The monoisotopic (exact) mass is 498 g/mol. The number of hydrogen-bond acceptors (Lipinski definition) is 3. The Balaban J connectivity index is 0.00000261. The fourth-order valence-corrected chi connectivity index (χ4v) is 3.74. The molecule has 1 fully saturated rings. The summed E-state index contributed by atoms with van der Waals surface area (Å²) in [5, 5.41) is 5.21. The van der Waals surface area contributed by atoms with Crippen LogP contribution in [0.15, 0.2) is 46.8 Å². The first kappa shape index (κ1) is 21.7. The first-order valence-corrected chi connectivity index (χ1v) is 10.0. The van der Waals surface area contributed by atoms with E-state index in [9.17, 15) is 4.79 Å². The Hall–Kier alpha value is -1.61. The van der Waals surface area contributed by atoms with Gasteiger partial charge in [-0.3, -0.25) is 4.79 Å². The predicted octanol–water partition coefficient (Wildman–Crippen LogP) is 3.64. The van der Waals surface area contributed by atoms with E-state index in [1.54, 1.807) is 11.3 Å². The van der Waals surface area contributed by atoms with Gasteiger partial charge >= 0.3 is 0 Å². The van der Waals surface area contributed by atoms with Crippen LogP contribution in [0.5, 0.6) is 0 Å². The number of halogens is 1. The van der Waals surface area contributed by atoms with Crippen molar-refractivity contribution in [2.24, 2.45) is 10.7 Å². The summed E-state index contributed by atoms with van der Waals surface area (Å²) in [4.78, 5) is 20.1. The standard InChI is InChI=1S/C20H26N4OS.HI/c21-20(22-11-10-18-5-4-14-26-18)23-15-16-6-8-17(9-7-16)19(25)24-12-2-1-3-13-24;/h4-9,14H,1-3,10-13,15H2,(H3,21,22,23);1H. The molecular weight excluding hydrogens is 471 g/mol. The molecule has 1 aliphatic heterocycles. The zero-order valence-corrected chi connectivity index (χ0v) is 18.5. The summed E-state index contributed by atoms with van der Waals surface area (Å²) in [6, 6.07) is 11.9. The largest absolute Gasteiger partial charge is 0.370 e. The number of benzene rings is 1. The van der Waals surface area contributed by atoms with Crippen molar-refractivity contribution in [1.29, 1.82) is 0 Å². The zero-order chi connectivity index (χ0) is 18.2. The lowest BCUT2D eigenvalue weighted by atomic mass is 10.1. The van der Waals surface area contributed by atoms with E-state index < -0.39 is 0 Å². The number of aliphatic imine (C=N–C) groups is 1. The minimum absolute atomic E-state index is 0. The number of hydrogen-bond donors (Lipinski definition) is 2. The molecule has 0 bridgehead atoms. The Kier molecular flexibility index (Phi) is 9.06. The van der Waals surface area contributed by atoms with Crippen LogP contribution in [-0.4, -0.2) is 36.4 Å². The van der Waals surface area contributed by atoms with E-state index in [0.717, 1.165) is 50.0 Å². The molecule has 1 amide bonds. The molecule has 0 saturated carbocycles. The van der Waals surface area contributed by atoms with Crippen molar-refractivity contribution >= 4 is 47.2 Å². The normalized spacial score (nSPS) is 14.5. The third kappa shape index (κ3) is 6.80. The second-order valence-corrected chi connectivity index (χ2v) is 7.54. The SMILES string of the molecule is I.NC(=NCc1ccc(C(=O)N2CCCCC2)cc1)NCCc1cccs1.